The molecular formula is C35H44BrN3O4S. The first-order valence-corrected chi connectivity index (χ1v) is 18.1. The van der Waals surface area contributed by atoms with E-state index in [1.165, 1.54) is 17.0 Å². The first-order chi connectivity index (χ1) is 21.0. The van der Waals surface area contributed by atoms with Crippen LogP contribution in [0.2, 0.25) is 0 Å². The van der Waals surface area contributed by atoms with Gasteiger partial charge in [0.15, 0.2) is 0 Å². The molecule has 9 heteroatoms. The molecule has 1 saturated carbocycles. The number of carbonyl (C=O) groups is 2. The lowest BCUT2D eigenvalue weighted by molar-refractivity contribution is -0.141. The second kappa shape index (κ2) is 15.7. The van der Waals surface area contributed by atoms with Crippen LogP contribution < -0.4 is 9.62 Å². The maximum atomic E-state index is 14.1. The van der Waals surface area contributed by atoms with Crippen LogP contribution in [0.1, 0.15) is 67.2 Å². The number of benzene rings is 3. The lowest BCUT2D eigenvalue weighted by Crippen LogP contribution is -2.52. The highest BCUT2D eigenvalue weighted by Crippen LogP contribution is 2.24. The molecule has 0 bridgehead atoms. The van der Waals surface area contributed by atoms with Crippen molar-refractivity contribution in [2.45, 2.75) is 83.8 Å². The zero-order valence-electron chi connectivity index (χ0n) is 26.0. The van der Waals surface area contributed by atoms with Crippen molar-refractivity contribution in [3.8, 4) is 0 Å². The standard InChI is InChI=1S/C35H44BrN3O4S/c1-26-16-21-32(23-27(26)2)39(44(3,42)43)22-10-15-34(40)38(25-29-17-19-30(36)20-18-29)33(24-28-11-6-4-7-12-28)35(41)37-31-13-8-5-9-14-31/h4,6-7,11-12,16-21,23,31,33H,5,8-10,13-15,22,24-25H2,1-3H3,(H,37,41)/t33-/m0/s1. The average Bonchev–Trinajstić information content (AvgIpc) is 3.00. The van der Waals surface area contributed by atoms with E-state index < -0.39 is 16.1 Å². The predicted octanol–water partition coefficient (Wildman–Crippen LogP) is 6.70. The number of amides is 2. The average molecular weight is 683 g/mol. The number of aryl methyl sites for hydroxylation is 2. The summed E-state index contributed by atoms with van der Waals surface area (Å²) < 4.78 is 27.8. The first-order valence-electron chi connectivity index (χ1n) is 15.4. The Morgan fingerprint density at radius 3 is 2.23 bits per heavy atom. The molecule has 2 amide bonds. The molecule has 1 atom stereocenters. The maximum Gasteiger partial charge on any atom is 0.243 e. The van der Waals surface area contributed by atoms with Gasteiger partial charge in [-0.1, -0.05) is 83.7 Å². The van der Waals surface area contributed by atoms with E-state index in [4.69, 9.17) is 0 Å². The molecule has 3 aromatic carbocycles. The third-order valence-electron chi connectivity index (χ3n) is 8.42. The van der Waals surface area contributed by atoms with Crippen molar-refractivity contribution in [3.63, 3.8) is 0 Å². The van der Waals surface area contributed by atoms with Crippen LogP contribution in [0.4, 0.5) is 5.69 Å². The monoisotopic (exact) mass is 681 g/mol. The number of hydrogen-bond acceptors (Lipinski definition) is 4. The van der Waals surface area contributed by atoms with Gasteiger partial charge in [-0.25, -0.2) is 8.42 Å². The predicted molar refractivity (Wildman–Crippen MR) is 181 cm³/mol. The van der Waals surface area contributed by atoms with Crippen molar-refractivity contribution < 1.29 is 18.0 Å². The summed E-state index contributed by atoms with van der Waals surface area (Å²) in [7, 11) is -3.57. The van der Waals surface area contributed by atoms with Crippen LogP contribution in [-0.2, 0) is 32.6 Å². The Hall–Kier alpha value is -3.17. The number of anilines is 1. The molecule has 0 radical (unpaired) electrons. The summed E-state index contributed by atoms with van der Waals surface area (Å²) >= 11 is 3.49. The molecule has 3 aromatic rings. The van der Waals surface area contributed by atoms with Crippen LogP contribution in [0, 0.1) is 13.8 Å². The van der Waals surface area contributed by atoms with Crippen LogP contribution in [-0.4, -0.2) is 50.0 Å². The van der Waals surface area contributed by atoms with Gasteiger partial charge in [0.25, 0.3) is 0 Å². The van der Waals surface area contributed by atoms with Crippen LogP contribution in [0.25, 0.3) is 0 Å². The first kappa shape index (κ1) is 33.7. The fraction of sp³-hybridized carbons (Fsp3) is 0.429. The van der Waals surface area contributed by atoms with Crippen LogP contribution in [0.15, 0.2) is 77.3 Å². The Morgan fingerprint density at radius 1 is 0.909 bits per heavy atom. The number of rotatable bonds is 13. The molecule has 1 fully saturated rings. The highest BCUT2D eigenvalue weighted by Gasteiger charge is 2.32. The quantitative estimate of drug-likeness (QED) is 0.218. The van der Waals surface area contributed by atoms with E-state index in [-0.39, 0.29) is 37.4 Å². The molecular weight excluding hydrogens is 638 g/mol. The Kier molecular flexibility index (Phi) is 12.0. The van der Waals surface area contributed by atoms with Crippen LogP contribution >= 0.6 is 15.9 Å². The highest BCUT2D eigenvalue weighted by atomic mass is 79.9. The topological polar surface area (TPSA) is 86.8 Å². The molecule has 0 heterocycles. The Balaban J connectivity index is 1.59. The molecule has 1 aliphatic carbocycles. The lowest BCUT2D eigenvalue weighted by atomic mass is 9.94. The molecule has 0 spiro atoms. The van der Waals surface area contributed by atoms with Gasteiger partial charge in [-0.15, -0.1) is 0 Å². The smallest absolute Gasteiger partial charge is 0.243 e. The zero-order chi connectivity index (χ0) is 31.7. The number of halogens is 1. The number of nitrogens with zero attached hydrogens (tertiary/aromatic N) is 2. The van der Waals surface area contributed by atoms with E-state index in [0.29, 0.717) is 18.5 Å². The van der Waals surface area contributed by atoms with Gasteiger partial charge in [-0.2, -0.15) is 0 Å². The molecule has 0 aliphatic heterocycles. The Morgan fingerprint density at radius 2 is 1.59 bits per heavy atom. The summed E-state index contributed by atoms with van der Waals surface area (Å²) in [5.41, 5.74) is 4.56. The van der Waals surface area contributed by atoms with Gasteiger partial charge in [-0.05, 0) is 79.6 Å². The zero-order valence-corrected chi connectivity index (χ0v) is 28.4. The summed E-state index contributed by atoms with van der Waals surface area (Å²) in [6.07, 6.45) is 7.26. The molecule has 0 saturated heterocycles. The van der Waals surface area contributed by atoms with Gasteiger partial charge in [0.05, 0.1) is 11.9 Å². The van der Waals surface area contributed by atoms with Crippen molar-refractivity contribution in [2.24, 2.45) is 0 Å². The van der Waals surface area contributed by atoms with E-state index in [9.17, 15) is 18.0 Å². The molecule has 1 N–H and O–H groups in total. The van der Waals surface area contributed by atoms with Crippen molar-refractivity contribution in [3.05, 3.63) is 99.5 Å². The number of sulfonamides is 1. The minimum Gasteiger partial charge on any atom is -0.352 e. The molecule has 0 aromatic heterocycles. The van der Waals surface area contributed by atoms with Gasteiger partial charge in [0, 0.05) is 36.4 Å². The second-order valence-corrected chi connectivity index (χ2v) is 14.7. The van der Waals surface area contributed by atoms with E-state index >= 15 is 0 Å². The van der Waals surface area contributed by atoms with E-state index in [1.807, 2.05) is 80.6 Å². The minimum absolute atomic E-state index is 0.107. The van der Waals surface area contributed by atoms with Gasteiger partial charge >= 0.3 is 0 Å². The Bertz CT molecular complexity index is 1510. The summed E-state index contributed by atoms with van der Waals surface area (Å²) in [4.78, 5) is 29.7. The number of hydrogen-bond donors (Lipinski definition) is 1. The summed E-state index contributed by atoms with van der Waals surface area (Å²) in [5, 5.41) is 3.27. The third-order valence-corrected chi connectivity index (χ3v) is 10.1. The van der Waals surface area contributed by atoms with E-state index in [0.717, 1.165) is 52.4 Å². The van der Waals surface area contributed by atoms with Gasteiger partial charge < -0.3 is 10.2 Å². The van der Waals surface area contributed by atoms with Gasteiger partial charge in [0.1, 0.15) is 6.04 Å². The fourth-order valence-corrected chi connectivity index (χ4v) is 6.99. The van der Waals surface area contributed by atoms with Crippen molar-refractivity contribution >= 4 is 43.5 Å². The van der Waals surface area contributed by atoms with Gasteiger partial charge in [0.2, 0.25) is 21.8 Å². The molecule has 44 heavy (non-hydrogen) atoms. The summed E-state index contributed by atoms with van der Waals surface area (Å²) in [6.45, 7) is 4.37. The molecule has 236 valence electrons. The highest BCUT2D eigenvalue weighted by molar-refractivity contribution is 9.10. The molecule has 0 unspecified atom stereocenters. The summed E-state index contributed by atoms with van der Waals surface area (Å²) in [5.74, 6) is -0.319. The number of nitrogens with one attached hydrogen (secondary N) is 1. The maximum absolute atomic E-state index is 14.1. The summed E-state index contributed by atoms with van der Waals surface area (Å²) in [6, 6.07) is 22.5. The fourth-order valence-electron chi connectivity index (χ4n) is 5.77. The number of carbonyl (C=O) groups excluding carboxylic acids is 2. The van der Waals surface area contributed by atoms with Gasteiger partial charge in [-0.3, -0.25) is 13.9 Å². The normalized spacial score (nSPS) is 14.5. The second-order valence-electron chi connectivity index (χ2n) is 11.9. The SMILES string of the molecule is Cc1ccc(N(CCCC(=O)N(Cc2ccc(Br)cc2)[C@@H](Cc2ccccc2)C(=O)NC2CCCCC2)S(C)(=O)=O)cc1C. The minimum atomic E-state index is -3.57. The van der Waals surface area contributed by atoms with E-state index in [1.54, 1.807) is 11.0 Å². The van der Waals surface area contributed by atoms with Crippen LogP contribution in [0.5, 0.6) is 0 Å². The molecule has 7 nitrogen and oxygen atoms in total. The largest absolute Gasteiger partial charge is 0.352 e. The molecule has 4 rings (SSSR count). The lowest BCUT2D eigenvalue weighted by Gasteiger charge is -2.34. The third kappa shape index (κ3) is 9.66. The van der Waals surface area contributed by atoms with Crippen molar-refractivity contribution in [2.75, 3.05) is 17.1 Å². The Labute approximate surface area is 271 Å². The van der Waals surface area contributed by atoms with Crippen molar-refractivity contribution in [1.29, 1.82) is 0 Å². The van der Waals surface area contributed by atoms with Crippen LogP contribution in [0.3, 0.4) is 0 Å². The van der Waals surface area contributed by atoms with Crippen molar-refractivity contribution in [1.82, 2.24) is 10.2 Å². The molecule has 1 aliphatic rings. The van der Waals surface area contributed by atoms with E-state index in [2.05, 4.69) is 21.2 Å².